The number of aromatic nitrogens is 2. The Kier molecular flexibility index (Phi) is 4.83. The topological polar surface area (TPSA) is 67.2 Å². The summed E-state index contributed by atoms with van der Waals surface area (Å²) in [5.41, 5.74) is 1.86. The Morgan fingerprint density at radius 3 is 2.79 bits per heavy atom. The van der Waals surface area contributed by atoms with Gasteiger partial charge in [0.2, 0.25) is 17.8 Å². The van der Waals surface area contributed by atoms with Gasteiger partial charge in [-0.3, -0.25) is 14.9 Å². The van der Waals surface area contributed by atoms with Gasteiger partial charge in [-0.25, -0.2) is 4.98 Å². The molecule has 0 aliphatic carbocycles. The van der Waals surface area contributed by atoms with Crippen LogP contribution >= 0.6 is 0 Å². The molecule has 0 bridgehead atoms. The smallest absolute Gasteiger partial charge is 0.249 e. The molecular formula is C18H24N4O2. The van der Waals surface area contributed by atoms with Crippen LogP contribution in [0, 0.1) is 0 Å². The van der Waals surface area contributed by atoms with Crippen molar-refractivity contribution in [3.63, 3.8) is 0 Å². The van der Waals surface area contributed by atoms with Gasteiger partial charge in [0.25, 0.3) is 0 Å². The second kappa shape index (κ2) is 7.03. The normalized spacial score (nSPS) is 17.9. The molecule has 24 heavy (non-hydrogen) atoms. The third-order valence-electron chi connectivity index (χ3n) is 4.63. The highest BCUT2D eigenvalue weighted by Gasteiger charge is 2.32. The van der Waals surface area contributed by atoms with Gasteiger partial charge in [-0.15, -0.1) is 0 Å². The van der Waals surface area contributed by atoms with Crippen molar-refractivity contribution < 1.29 is 9.59 Å². The van der Waals surface area contributed by atoms with Crippen LogP contribution in [0.2, 0.25) is 0 Å². The third-order valence-corrected chi connectivity index (χ3v) is 4.63. The molecule has 6 heteroatoms. The fourth-order valence-corrected chi connectivity index (χ4v) is 3.39. The number of likely N-dealkylation sites (tertiary alicyclic amines) is 1. The van der Waals surface area contributed by atoms with E-state index in [2.05, 4.69) is 10.3 Å². The lowest BCUT2D eigenvalue weighted by Crippen LogP contribution is -2.50. The number of fused-ring (bicyclic) bond motifs is 1. The van der Waals surface area contributed by atoms with Crippen molar-refractivity contribution in [2.24, 2.45) is 0 Å². The summed E-state index contributed by atoms with van der Waals surface area (Å²) in [6, 6.07) is 7.44. The molecule has 1 aliphatic rings. The molecule has 128 valence electrons. The standard InChI is InChI=1S/C18H24N4O2/c1-3-16(23)22-12-8-7-11-15(22)17(24)20-18-19-13-9-5-6-10-14(13)21(18)4-2/h5-6,9-10,15H,3-4,7-8,11-12H2,1-2H3,(H,19,20,24)/t15-/m1/s1. The van der Waals surface area contributed by atoms with Gasteiger partial charge in [-0.1, -0.05) is 19.1 Å². The first kappa shape index (κ1) is 16.5. The van der Waals surface area contributed by atoms with E-state index in [0.717, 1.165) is 30.4 Å². The predicted molar refractivity (Wildman–Crippen MR) is 93.7 cm³/mol. The van der Waals surface area contributed by atoms with Gasteiger partial charge in [0.1, 0.15) is 6.04 Å². The second-order valence-corrected chi connectivity index (χ2v) is 6.11. The Hall–Kier alpha value is -2.37. The molecule has 0 saturated carbocycles. The highest BCUT2D eigenvalue weighted by atomic mass is 16.2. The van der Waals surface area contributed by atoms with Gasteiger partial charge < -0.3 is 9.47 Å². The quantitative estimate of drug-likeness (QED) is 0.938. The summed E-state index contributed by atoms with van der Waals surface area (Å²) in [5, 5.41) is 2.95. The Morgan fingerprint density at radius 2 is 2.04 bits per heavy atom. The number of nitrogens with one attached hydrogen (secondary N) is 1. The summed E-state index contributed by atoms with van der Waals surface area (Å²) in [6.07, 6.45) is 3.07. The maximum atomic E-state index is 12.8. The van der Waals surface area contributed by atoms with Crippen LogP contribution in [0.25, 0.3) is 11.0 Å². The van der Waals surface area contributed by atoms with Gasteiger partial charge in [-0.05, 0) is 38.3 Å². The number of imidazole rings is 1. The number of rotatable bonds is 4. The van der Waals surface area contributed by atoms with Crippen molar-refractivity contribution in [2.75, 3.05) is 11.9 Å². The van der Waals surface area contributed by atoms with Crippen molar-refractivity contribution in [1.29, 1.82) is 0 Å². The SMILES string of the molecule is CCC(=O)N1CCCC[C@@H]1C(=O)Nc1nc2ccccc2n1CC. The van der Waals surface area contributed by atoms with Crippen LogP contribution in [-0.4, -0.2) is 38.9 Å². The second-order valence-electron chi connectivity index (χ2n) is 6.11. The van der Waals surface area contributed by atoms with E-state index in [1.807, 2.05) is 42.7 Å². The molecule has 2 aromatic rings. The maximum Gasteiger partial charge on any atom is 0.249 e. The van der Waals surface area contributed by atoms with Crippen LogP contribution in [0.5, 0.6) is 0 Å². The number of hydrogen-bond donors (Lipinski definition) is 1. The van der Waals surface area contributed by atoms with Crippen LogP contribution < -0.4 is 5.32 Å². The van der Waals surface area contributed by atoms with Gasteiger partial charge in [0, 0.05) is 19.5 Å². The molecule has 1 aromatic heterocycles. The Bertz CT molecular complexity index is 753. The molecular weight excluding hydrogens is 304 g/mol. The fraction of sp³-hybridized carbons (Fsp3) is 0.500. The third kappa shape index (κ3) is 3.00. The van der Waals surface area contributed by atoms with Crippen LogP contribution in [0.15, 0.2) is 24.3 Å². The molecule has 1 aromatic carbocycles. The first-order chi connectivity index (χ1) is 11.7. The molecule has 1 N–H and O–H groups in total. The monoisotopic (exact) mass is 328 g/mol. The highest BCUT2D eigenvalue weighted by molar-refractivity contribution is 5.97. The van der Waals surface area contributed by atoms with Gasteiger partial charge in [0.05, 0.1) is 11.0 Å². The van der Waals surface area contributed by atoms with Crippen molar-refractivity contribution >= 4 is 28.8 Å². The fourth-order valence-electron chi connectivity index (χ4n) is 3.39. The number of hydrogen-bond acceptors (Lipinski definition) is 3. The molecule has 1 fully saturated rings. The van der Waals surface area contributed by atoms with E-state index in [0.29, 0.717) is 25.3 Å². The first-order valence-electron chi connectivity index (χ1n) is 8.71. The number of nitrogens with zero attached hydrogens (tertiary/aromatic N) is 3. The number of amides is 2. The number of para-hydroxylation sites is 2. The van der Waals surface area contributed by atoms with E-state index in [1.165, 1.54) is 0 Å². The number of carbonyl (C=O) groups excluding carboxylic acids is 2. The Labute approximate surface area is 141 Å². The lowest BCUT2D eigenvalue weighted by atomic mass is 10.0. The van der Waals surface area contributed by atoms with E-state index in [9.17, 15) is 9.59 Å². The number of aryl methyl sites for hydroxylation is 1. The lowest BCUT2D eigenvalue weighted by molar-refractivity contribution is -0.140. The molecule has 1 saturated heterocycles. The molecule has 1 aliphatic heterocycles. The average Bonchev–Trinajstić information content (AvgIpc) is 2.97. The van der Waals surface area contributed by atoms with Crippen molar-refractivity contribution in [3.8, 4) is 0 Å². The molecule has 2 amide bonds. The van der Waals surface area contributed by atoms with E-state index in [-0.39, 0.29) is 11.8 Å². The highest BCUT2D eigenvalue weighted by Crippen LogP contribution is 2.22. The van der Waals surface area contributed by atoms with Crippen LogP contribution in [0.3, 0.4) is 0 Å². The number of benzene rings is 1. The van der Waals surface area contributed by atoms with Crippen LogP contribution in [0.1, 0.15) is 39.5 Å². The van der Waals surface area contributed by atoms with Crippen molar-refractivity contribution in [2.45, 2.75) is 52.1 Å². The van der Waals surface area contributed by atoms with Gasteiger partial charge in [0.15, 0.2) is 0 Å². The zero-order chi connectivity index (χ0) is 17.1. The average molecular weight is 328 g/mol. The maximum absolute atomic E-state index is 12.8. The molecule has 1 atom stereocenters. The van der Waals surface area contributed by atoms with E-state index >= 15 is 0 Å². The summed E-state index contributed by atoms with van der Waals surface area (Å²) in [5.74, 6) is 0.457. The molecule has 0 spiro atoms. The van der Waals surface area contributed by atoms with E-state index in [4.69, 9.17) is 0 Å². The minimum atomic E-state index is -0.392. The molecule has 0 unspecified atom stereocenters. The predicted octanol–water partition coefficient (Wildman–Crippen LogP) is 2.79. The summed E-state index contributed by atoms with van der Waals surface area (Å²) < 4.78 is 1.99. The number of anilines is 1. The summed E-state index contributed by atoms with van der Waals surface area (Å²) in [4.78, 5) is 31.2. The number of carbonyl (C=O) groups is 2. The first-order valence-corrected chi connectivity index (χ1v) is 8.71. The summed E-state index contributed by atoms with van der Waals surface area (Å²) in [7, 11) is 0. The Morgan fingerprint density at radius 1 is 1.25 bits per heavy atom. The van der Waals surface area contributed by atoms with E-state index < -0.39 is 6.04 Å². The van der Waals surface area contributed by atoms with Crippen LogP contribution in [0.4, 0.5) is 5.95 Å². The summed E-state index contributed by atoms with van der Waals surface area (Å²) in [6.45, 7) is 5.24. The zero-order valence-corrected chi connectivity index (χ0v) is 14.3. The number of piperidine rings is 1. The molecule has 6 nitrogen and oxygen atoms in total. The minimum Gasteiger partial charge on any atom is -0.331 e. The van der Waals surface area contributed by atoms with Crippen LogP contribution in [-0.2, 0) is 16.1 Å². The largest absolute Gasteiger partial charge is 0.331 e. The molecule has 2 heterocycles. The van der Waals surface area contributed by atoms with Crippen molar-refractivity contribution in [1.82, 2.24) is 14.5 Å². The van der Waals surface area contributed by atoms with E-state index in [1.54, 1.807) is 4.90 Å². The lowest BCUT2D eigenvalue weighted by Gasteiger charge is -2.34. The zero-order valence-electron chi connectivity index (χ0n) is 14.3. The van der Waals surface area contributed by atoms with Gasteiger partial charge >= 0.3 is 0 Å². The molecule has 3 rings (SSSR count). The summed E-state index contributed by atoms with van der Waals surface area (Å²) >= 11 is 0. The Balaban J connectivity index is 1.84. The molecule has 0 radical (unpaired) electrons. The van der Waals surface area contributed by atoms with Gasteiger partial charge in [-0.2, -0.15) is 0 Å². The van der Waals surface area contributed by atoms with Crippen molar-refractivity contribution in [3.05, 3.63) is 24.3 Å². The minimum absolute atomic E-state index is 0.0406.